The highest BCUT2D eigenvalue weighted by Crippen LogP contribution is 2.24. The largest absolute Gasteiger partial charge is 0.463 e. The molecule has 70 valence electrons. The van der Waals surface area contributed by atoms with Gasteiger partial charge >= 0.3 is 5.97 Å². The van der Waals surface area contributed by atoms with E-state index < -0.39 is 0 Å². The molecular formula is C10H18O2. The van der Waals surface area contributed by atoms with Crippen molar-refractivity contribution in [3.8, 4) is 0 Å². The lowest BCUT2D eigenvalue weighted by Crippen LogP contribution is -2.23. The van der Waals surface area contributed by atoms with E-state index in [-0.39, 0.29) is 18.0 Å². The smallest absolute Gasteiger partial charge is 0.309 e. The zero-order valence-corrected chi connectivity index (χ0v) is 8.01. The minimum absolute atomic E-state index is 0.0182. The average molecular weight is 170 g/mol. The summed E-state index contributed by atoms with van der Waals surface area (Å²) in [5.41, 5.74) is 0. The van der Waals surface area contributed by atoms with E-state index >= 15 is 0 Å². The third kappa shape index (κ3) is 2.84. The minimum atomic E-state index is 0.0182. The van der Waals surface area contributed by atoms with Crippen LogP contribution in [0, 0.1) is 5.92 Å². The standard InChI is InChI=1S/C10H18O2/c1-8(2)12-10(11)9-6-4-3-5-7-9/h8-9H,3-7H2,1-2H3. The fraction of sp³-hybridized carbons (Fsp3) is 0.900. The number of hydrogen-bond donors (Lipinski definition) is 0. The van der Waals surface area contributed by atoms with Crippen LogP contribution in [0.3, 0.4) is 0 Å². The van der Waals surface area contributed by atoms with Crippen molar-refractivity contribution in [2.45, 2.75) is 52.1 Å². The van der Waals surface area contributed by atoms with Crippen molar-refractivity contribution in [2.24, 2.45) is 5.92 Å². The van der Waals surface area contributed by atoms with Crippen molar-refractivity contribution >= 4 is 5.97 Å². The van der Waals surface area contributed by atoms with Crippen molar-refractivity contribution in [1.29, 1.82) is 0 Å². The lowest BCUT2D eigenvalue weighted by Gasteiger charge is -2.20. The van der Waals surface area contributed by atoms with Gasteiger partial charge in [-0.15, -0.1) is 0 Å². The van der Waals surface area contributed by atoms with Gasteiger partial charge in [-0.05, 0) is 26.7 Å². The van der Waals surface area contributed by atoms with Crippen LogP contribution in [0.2, 0.25) is 0 Å². The molecule has 2 nitrogen and oxygen atoms in total. The van der Waals surface area contributed by atoms with Gasteiger partial charge in [0.2, 0.25) is 0 Å². The van der Waals surface area contributed by atoms with E-state index in [9.17, 15) is 4.79 Å². The highest BCUT2D eigenvalue weighted by molar-refractivity contribution is 5.72. The van der Waals surface area contributed by atoms with Gasteiger partial charge in [0.1, 0.15) is 0 Å². The predicted octanol–water partition coefficient (Wildman–Crippen LogP) is 2.52. The summed E-state index contributed by atoms with van der Waals surface area (Å²) in [5, 5.41) is 0. The molecule has 0 amide bonds. The molecule has 0 aromatic carbocycles. The van der Waals surface area contributed by atoms with Gasteiger partial charge in [-0.2, -0.15) is 0 Å². The summed E-state index contributed by atoms with van der Waals surface area (Å²) in [6, 6.07) is 0. The molecule has 1 aliphatic carbocycles. The Morgan fingerprint density at radius 1 is 1.25 bits per heavy atom. The first kappa shape index (κ1) is 9.56. The Labute approximate surface area is 74.3 Å². The van der Waals surface area contributed by atoms with Crippen LogP contribution < -0.4 is 0 Å². The van der Waals surface area contributed by atoms with E-state index in [4.69, 9.17) is 4.74 Å². The van der Waals surface area contributed by atoms with E-state index in [1.165, 1.54) is 19.3 Å². The molecule has 0 radical (unpaired) electrons. The monoisotopic (exact) mass is 170 g/mol. The third-order valence-corrected chi connectivity index (χ3v) is 2.29. The van der Waals surface area contributed by atoms with Gasteiger partial charge in [0.25, 0.3) is 0 Å². The van der Waals surface area contributed by atoms with Crippen molar-refractivity contribution < 1.29 is 9.53 Å². The topological polar surface area (TPSA) is 26.3 Å². The van der Waals surface area contributed by atoms with Crippen LogP contribution in [0.25, 0.3) is 0 Å². The molecular weight excluding hydrogens is 152 g/mol. The fourth-order valence-electron chi connectivity index (χ4n) is 1.67. The second-order valence-corrected chi connectivity index (χ2v) is 3.82. The van der Waals surface area contributed by atoms with Crippen LogP contribution in [0.5, 0.6) is 0 Å². The zero-order valence-electron chi connectivity index (χ0n) is 8.01. The number of esters is 1. The summed E-state index contributed by atoms with van der Waals surface area (Å²) >= 11 is 0. The van der Waals surface area contributed by atoms with Crippen LogP contribution in [-0.4, -0.2) is 12.1 Å². The second-order valence-electron chi connectivity index (χ2n) is 3.82. The highest BCUT2D eigenvalue weighted by atomic mass is 16.5. The summed E-state index contributed by atoms with van der Waals surface area (Å²) in [6.07, 6.45) is 5.78. The molecule has 1 fully saturated rings. The van der Waals surface area contributed by atoms with Crippen molar-refractivity contribution in [1.82, 2.24) is 0 Å². The van der Waals surface area contributed by atoms with Crippen molar-refractivity contribution in [3.05, 3.63) is 0 Å². The molecule has 0 bridgehead atoms. The maximum absolute atomic E-state index is 11.4. The lowest BCUT2D eigenvalue weighted by atomic mass is 9.89. The first-order valence-electron chi connectivity index (χ1n) is 4.90. The van der Waals surface area contributed by atoms with Crippen LogP contribution in [0.4, 0.5) is 0 Å². The zero-order chi connectivity index (χ0) is 8.97. The Morgan fingerprint density at radius 3 is 2.33 bits per heavy atom. The van der Waals surface area contributed by atoms with Crippen molar-refractivity contribution in [3.63, 3.8) is 0 Å². The Morgan fingerprint density at radius 2 is 1.83 bits per heavy atom. The van der Waals surface area contributed by atoms with Gasteiger partial charge < -0.3 is 4.74 Å². The number of ether oxygens (including phenoxy) is 1. The molecule has 1 aliphatic rings. The molecule has 12 heavy (non-hydrogen) atoms. The Kier molecular flexibility index (Phi) is 3.57. The molecule has 1 rings (SSSR count). The van der Waals surface area contributed by atoms with Crippen LogP contribution >= 0.6 is 0 Å². The third-order valence-electron chi connectivity index (χ3n) is 2.29. The normalized spacial score (nSPS) is 19.6. The summed E-state index contributed by atoms with van der Waals surface area (Å²) in [7, 11) is 0. The van der Waals surface area contributed by atoms with Gasteiger partial charge in [0.15, 0.2) is 0 Å². The molecule has 0 spiro atoms. The van der Waals surface area contributed by atoms with Gasteiger partial charge in [-0.1, -0.05) is 19.3 Å². The van der Waals surface area contributed by atoms with E-state index in [2.05, 4.69) is 0 Å². The molecule has 0 aromatic heterocycles. The molecule has 0 aliphatic heterocycles. The molecule has 2 heteroatoms. The van der Waals surface area contributed by atoms with Crippen LogP contribution in [0.15, 0.2) is 0 Å². The lowest BCUT2D eigenvalue weighted by molar-refractivity contribution is -0.153. The fourth-order valence-corrected chi connectivity index (χ4v) is 1.67. The molecule has 0 N–H and O–H groups in total. The van der Waals surface area contributed by atoms with Gasteiger partial charge in [0.05, 0.1) is 12.0 Å². The first-order chi connectivity index (χ1) is 5.70. The maximum Gasteiger partial charge on any atom is 0.309 e. The Hall–Kier alpha value is -0.530. The van der Waals surface area contributed by atoms with Gasteiger partial charge in [-0.25, -0.2) is 0 Å². The second kappa shape index (κ2) is 4.48. The maximum atomic E-state index is 11.4. The number of carbonyl (C=O) groups is 1. The average Bonchev–Trinajstić information content (AvgIpc) is 2.05. The molecule has 0 saturated heterocycles. The predicted molar refractivity (Wildman–Crippen MR) is 47.8 cm³/mol. The Balaban J connectivity index is 2.30. The SMILES string of the molecule is CC(C)OC(=O)C1CCCCC1. The van der Waals surface area contributed by atoms with Crippen molar-refractivity contribution in [2.75, 3.05) is 0 Å². The van der Waals surface area contributed by atoms with Crippen LogP contribution in [0.1, 0.15) is 46.0 Å². The highest BCUT2D eigenvalue weighted by Gasteiger charge is 2.22. The van der Waals surface area contributed by atoms with E-state index in [0.29, 0.717) is 0 Å². The summed E-state index contributed by atoms with van der Waals surface area (Å²) in [5.74, 6) is 0.214. The first-order valence-corrected chi connectivity index (χ1v) is 4.90. The number of hydrogen-bond acceptors (Lipinski definition) is 2. The molecule has 0 atom stereocenters. The molecule has 0 aromatic rings. The number of rotatable bonds is 2. The summed E-state index contributed by atoms with van der Waals surface area (Å²) < 4.78 is 5.15. The van der Waals surface area contributed by atoms with Gasteiger partial charge in [-0.3, -0.25) is 4.79 Å². The van der Waals surface area contributed by atoms with Gasteiger partial charge in [0, 0.05) is 0 Å². The van der Waals surface area contributed by atoms with E-state index in [1.807, 2.05) is 13.8 Å². The van der Waals surface area contributed by atoms with E-state index in [0.717, 1.165) is 12.8 Å². The molecule has 0 unspecified atom stereocenters. The minimum Gasteiger partial charge on any atom is -0.463 e. The van der Waals surface area contributed by atoms with Crippen LogP contribution in [-0.2, 0) is 9.53 Å². The Bertz CT molecular complexity index is 146. The van der Waals surface area contributed by atoms with E-state index in [1.54, 1.807) is 0 Å². The summed E-state index contributed by atoms with van der Waals surface area (Å²) in [6.45, 7) is 3.81. The number of carbonyl (C=O) groups excluding carboxylic acids is 1. The quantitative estimate of drug-likeness (QED) is 0.595. The molecule has 0 heterocycles. The molecule has 1 saturated carbocycles. The summed E-state index contributed by atoms with van der Waals surface area (Å²) in [4.78, 5) is 11.4.